The van der Waals surface area contributed by atoms with Crippen LogP contribution < -0.4 is 16.8 Å². The van der Waals surface area contributed by atoms with Crippen LogP contribution in [0.1, 0.15) is 18.4 Å². The molecule has 0 radical (unpaired) electrons. The van der Waals surface area contributed by atoms with E-state index >= 15 is 0 Å². The molecule has 2 amide bonds. The molecule has 128 valence electrons. The second-order valence-electron chi connectivity index (χ2n) is 5.52. The van der Waals surface area contributed by atoms with Gasteiger partial charge in [0.05, 0.1) is 6.04 Å². The molecule has 0 aliphatic heterocycles. The number of aliphatic carboxylic acids is 1. The first kappa shape index (κ1) is 16.0. The molecular weight excluding hydrogens is 312 g/mol. The van der Waals surface area contributed by atoms with E-state index in [2.05, 4.69) is 10.3 Å². The number of benzene rings is 1. The third-order valence-electron chi connectivity index (χ3n) is 3.74. The van der Waals surface area contributed by atoms with E-state index in [4.69, 9.17) is 7.15 Å². The van der Waals surface area contributed by atoms with Gasteiger partial charge in [-0.15, -0.1) is 0 Å². The maximum atomic E-state index is 12.0. The molecule has 8 nitrogen and oxygen atoms in total. The Morgan fingerprint density at radius 1 is 1.33 bits per heavy atom. The summed E-state index contributed by atoms with van der Waals surface area (Å²) in [6.45, 7) is 0. The third-order valence-corrected chi connectivity index (χ3v) is 3.74. The highest BCUT2D eigenvalue weighted by Gasteiger charge is 2.22. The number of carboxylic acids is 1. The van der Waals surface area contributed by atoms with Crippen LogP contribution in [0.25, 0.3) is 10.9 Å². The number of carboxylic acid groups (broad SMARTS) is 1. The molecule has 24 heavy (non-hydrogen) atoms. The number of hydrogen-bond acceptors (Lipinski definition) is 4. The van der Waals surface area contributed by atoms with E-state index in [0.29, 0.717) is 0 Å². The summed E-state index contributed by atoms with van der Waals surface area (Å²) in [4.78, 5) is 37.5. The van der Waals surface area contributed by atoms with Gasteiger partial charge >= 0.3 is 5.97 Å². The van der Waals surface area contributed by atoms with Gasteiger partial charge < -0.3 is 26.9 Å². The molecule has 8 heteroatoms. The van der Waals surface area contributed by atoms with Crippen LogP contribution in [0.4, 0.5) is 0 Å². The molecule has 2 aromatic rings. The number of carbonyl (C=O) groups excluding carboxylic acids is 2. The van der Waals surface area contributed by atoms with Crippen LogP contribution in [0.2, 0.25) is 1.41 Å². The number of hydrogen-bond donors (Lipinski definition) is 5. The fourth-order valence-electron chi connectivity index (χ4n) is 2.40. The molecule has 0 aliphatic rings. The lowest BCUT2D eigenvalue weighted by Gasteiger charge is -2.15. The molecule has 1 aromatic heterocycles. The highest BCUT2D eigenvalue weighted by Crippen LogP contribution is 2.19. The van der Waals surface area contributed by atoms with E-state index in [0.717, 1.165) is 16.5 Å². The van der Waals surface area contributed by atoms with Crippen LogP contribution in [0.3, 0.4) is 0 Å². The third kappa shape index (κ3) is 4.32. The van der Waals surface area contributed by atoms with Crippen LogP contribution in [0.15, 0.2) is 30.5 Å². The molecule has 0 bridgehead atoms. The van der Waals surface area contributed by atoms with Gasteiger partial charge in [-0.25, -0.2) is 4.79 Å². The standard InChI is InChI=1S/C16H20N4O4/c17-11(15(18)22)5-6-14(21)20-13(16(23)24)7-9-8-19-12-4-2-1-3-10(9)12/h1-4,8,11,13,19H,5-7,17H2,(H2,18,22)(H,20,21)(H,23,24)/t11-,13-/m0/s1/i/hD. The van der Waals surface area contributed by atoms with Gasteiger partial charge in [0, 0.05) is 29.9 Å². The quantitative estimate of drug-likeness (QED) is 0.433. The van der Waals surface area contributed by atoms with Gasteiger partial charge in [-0.2, -0.15) is 0 Å². The lowest BCUT2D eigenvalue weighted by Crippen LogP contribution is -2.43. The number of aromatic amines is 1. The van der Waals surface area contributed by atoms with Crippen molar-refractivity contribution in [3.8, 4) is 0 Å². The lowest BCUT2D eigenvalue weighted by molar-refractivity contribution is -0.141. The summed E-state index contributed by atoms with van der Waals surface area (Å²) in [5.41, 5.74) is 8.71. The maximum absolute atomic E-state index is 12.0. The smallest absolute Gasteiger partial charge is 0.326 e. The van der Waals surface area contributed by atoms with E-state index in [1.807, 2.05) is 30.0 Å². The van der Waals surface area contributed by atoms with Crippen LogP contribution in [0, 0.1) is 0 Å². The first-order chi connectivity index (χ1) is 11.9. The summed E-state index contributed by atoms with van der Waals surface area (Å²) in [5, 5.41) is 12.7. The Morgan fingerprint density at radius 3 is 2.75 bits per heavy atom. The largest absolute Gasteiger partial charge is 0.480 e. The predicted octanol–water partition coefficient (Wildman–Crippen LogP) is -0.127. The van der Waals surface area contributed by atoms with Crippen LogP contribution >= 0.6 is 0 Å². The number of amides is 2. The SMILES string of the molecule is [2H]N[C@@H](CCC(=O)N[C@@H](Cc1c[nH]c2ccccc12)C(=O)O)C(N)=O. The number of fused-ring (bicyclic) bond motifs is 1. The van der Waals surface area contributed by atoms with Crippen molar-refractivity contribution < 1.29 is 20.9 Å². The van der Waals surface area contributed by atoms with Crippen LogP contribution in [-0.2, 0) is 20.8 Å². The molecule has 2 rings (SSSR count). The Hall–Kier alpha value is -2.87. The van der Waals surface area contributed by atoms with Crippen molar-refractivity contribution in [2.45, 2.75) is 31.3 Å². The van der Waals surface area contributed by atoms with Gasteiger partial charge in [0.1, 0.15) is 7.45 Å². The molecule has 0 saturated heterocycles. The van der Waals surface area contributed by atoms with Gasteiger partial charge in [0.25, 0.3) is 0 Å². The fraction of sp³-hybridized carbons (Fsp3) is 0.312. The van der Waals surface area contributed by atoms with Gasteiger partial charge in [0.15, 0.2) is 0 Å². The zero-order chi connectivity index (χ0) is 18.4. The molecule has 0 aliphatic carbocycles. The van der Waals surface area contributed by atoms with Gasteiger partial charge in [-0.3, -0.25) is 9.59 Å². The average molecular weight is 333 g/mol. The molecule has 7 N–H and O–H groups in total. The predicted molar refractivity (Wildman–Crippen MR) is 88.0 cm³/mol. The zero-order valence-corrected chi connectivity index (χ0v) is 12.9. The number of nitrogens with two attached hydrogens (primary N) is 2. The Labute approximate surface area is 139 Å². The summed E-state index contributed by atoms with van der Waals surface area (Å²) in [7, 11) is 0. The fourth-order valence-corrected chi connectivity index (χ4v) is 2.40. The summed E-state index contributed by atoms with van der Waals surface area (Å²) in [5.74, 6) is -2.41. The molecular formula is C16H20N4O4. The highest BCUT2D eigenvalue weighted by molar-refractivity contribution is 5.87. The molecule has 0 saturated carbocycles. The minimum Gasteiger partial charge on any atom is -0.480 e. The lowest BCUT2D eigenvalue weighted by atomic mass is 10.0. The number of carbonyl (C=O) groups is 3. The minimum atomic E-state index is -1.15. The van der Waals surface area contributed by atoms with Crippen LogP contribution in [-0.4, -0.2) is 40.0 Å². The van der Waals surface area contributed by atoms with E-state index in [1.54, 1.807) is 6.20 Å². The van der Waals surface area contributed by atoms with Crippen molar-refractivity contribution in [1.29, 1.82) is 0 Å². The van der Waals surface area contributed by atoms with Gasteiger partial charge in [-0.05, 0) is 18.1 Å². The summed E-state index contributed by atoms with van der Waals surface area (Å²) in [6.07, 6.45) is 1.75. The minimum absolute atomic E-state index is 0.0179. The van der Waals surface area contributed by atoms with E-state index < -0.39 is 29.9 Å². The van der Waals surface area contributed by atoms with E-state index in [1.165, 1.54) is 0 Å². The summed E-state index contributed by atoms with van der Waals surface area (Å²) in [6, 6.07) is 5.43. The molecule has 0 spiro atoms. The van der Waals surface area contributed by atoms with E-state index in [-0.39, 0.29) is 19.3 Å². The van der Waals surface area contributed by atoms with Crippen molar-refractivity contribution >= 4 is 28.7 Å². The van der Waals surface area contributed by atoms with Crippen molar-refractivity contribution in [1.82, 2.24) is 10.3 Å². The van der Waals surface area contributed by atoms with Crippen molar-refractivity contribution in [3.63, 3.8) is 0 Å². The summed E-state index contributed by atoms with van der Waals surface area (Å²) < 4.78 is 6.97. The molecule has 2 atom stereocenters. The normalized spacial score (nSPS) is 13.9. The number of primary amides is 1. The number of nitrogens with one attached hydrogen (secondary N) is 2. The second kappa shape index (κ2) is 7.60. The van der Waals surface area contributed by atoms with Crippen LogP contribution in [0.5, 0.6) is 0 Å². The van der Waals surface area contributed by atoms with Crippen molar-refractivity contribution in [2.24, 2.45) is 11.5 Å². The zero-order valence-electron chi connectivity index (χ0n) is 13.9. The number of para-hydroxylation sites is 1. The Morgan fingerprint density at radius 2 is 2.08 bits per heavy atom. The number of aromatic nitrogens is 1. The molecule has 1 heterocycles. The Balaban J connectivity index is 2.00. The molecule has 0 unspecified atom stereocenters. The monoisotopic (exact) mass is 333 g/mol. The molecule has 0 fully saturated rings. The number of H-pyrrole nitrogens is 1. The second-order valence-corrected chi connectivity index (χ2v) is 5.52. The summed E-state index contributed by atoms with van der Waals surface area (Å²) >= 11 is 0. The molecule has 1 aromatic carbocycles. The topological polar surface area (TPSA) is 151 Å². The number of rotatable bonds is 9. The first-order valence-corrected chi connectivity index (χ1v) is 7.46. The van der Waals surface area contributed by atoms with E-state index in [9.17, 15) is 19.5 Å². The maximum Gasteiger partial charge on any atom is 0.326 e. The highest BCUT2D eigenvalue weighted by atomic mass is 16.4. The first-order valence-electron chi connectivity index (χ1n) is 7.96. The van der Waals surface area contributed by atoms with Gasteiger partial charge in [-0.1, -0.05) is 18.2 Å². The van der Waals surface area contributed by atoms with Gasteiger partial charge in [0.2, 0.25) is 11.8 Å². The van der Waals surface area contributed by atoms with Crippen molar-refractivity contribution in [2.75, 3.05) is 0 Å². The average Bonchev–Trinajstić information content (AvgIpc) is 2.97. The van der Waals surface area contributed by atoms with Crippen molar-refractivity contribution in [3.05, 3.63) is 36.0 Å². The Bertz CT molecular complexity index is 776. The Kier molecular flexibility index (Phi) is 5.07.